The molecule has 0 aromatic carbocycles. The van der Waals surface area contributed by atoms with Crippen LogP contribution in [0.25, 0.3) is 0 Å². The first-order valence-electron chi connectivity index (χ1n) is 6.14. The predicted octanol–water partition coefficient (Wildman–Crippen LogP) is 2.31. The highest BCUT2D eigenvalue weighted by atomic mass is 32.2. The number of nitrogens with one attached hydrogen (secondary N) is 1. The fraction of sp³-hybridized carbons (Fsp3) is 0.417. The SMILES string of the molecule is Cc1[nH]ncc1S(=O)(=O)N1CCCC1c1ccsc1. The van der Waals surface area contributed by atoms with E-state index in [2.05, 4.69) is 10.2 Å². The van der Waals surface area contributed by atoms with Gasteiger partial charge in [-0.2, -0.15) is 20.7 Å². The lowest BCUT2D eigenvalue weighted by molar-refractivity contribution is 0.397. The second kappa shape index (κ2) is 4.73. The molecule has 5 nitrogen and oxygen atoms in total. The Labute approximate surface area is 116 Å². The lowest BCUT2D eigenvalue weighted by Crippen LogP contribution is -2.30. The van der Waals surface area contributed by atoms with Crippen molar-refractivity contribution in [3.05, 3.63) is 34.3 Å². The smallest absolute Gasteiger partial charge is 0.247 e. The molecule has 1 aliphatic rings. The quantitative estimate of drug-likeness (QED) is 0.945. The van der Waals surface area contributed by atoms with Crippen LogP contribution in [-0.2, 0) is 10.0 Å². The minimum absolute atomic E-state index is 0.0365. The van der Waals surface area contributed by atoms with Crippen LogP contribution in [-0.4, -0.2) is 29.5 Å². The van der Waals surface area contributed by atoms with Crippen molar-refractivity contribution < 1.29 is 8.42 Å². The molecule has 0 aliphatic carbocycles. The Kier molecular flexibility index (Phi) is 3.20. The average Bonchev–Trinajstić information content (AvgIpc) is 3.09. The first kappa shape index (κ1) is 12.8. The van der Waals surface area contributed by atoms with Crippen LogP contribution < -0.4 is 0 Å². The molecule has 0 bridgehead atoms. The maximum Gasteiger partial charge on any atom is 0.247 e. The van der Waals surface area contributed by atoms with Crippen LogP contribution in [0.1, 0.15) is 30.1 Å². The van der Waals surface area contributed by atoms with Gasteiger partial charge >= 0.3 is 0 Å². The monoisotopic (exact) mass is 297 g/mol. The van der Waals surface area contributed by atoms with Gasteiger partial charge in [-0.1, -0.05) is 0 Å². The molecule has 1 saturated heterocycles. The summed E-state index contributed by atoms with van der Waals surface area (Å²) in [6.07, 6.45) is 3.18. The summed E-state index contributed by atoms with van der Waals surface area (Å²) in [6, 6.07) is 1.97. The second-order valence-electron chi connectivity index (χ2n) is 4.69. The number of hydrogen-bond acceptors (Lipinski definition) is 4. The van der Waals surface area contributed by atoms with Crippen molar-refractivity contribution in [1.29, 1.82) is 0 Å². The summed E-state index contributed by atoms with van der Waals surface area (Å²) < 4.78 is 27.0. The van der Waals surface area contributed by atoms with Gasteiger partial charge in [0.25, 0.3) is 0 Å². The first-order chi connectivity index (χ1) is 9.10. The van der Waals surface area contributed by atoms with Gasteiger partial charge in [-0.15, -0.1) is 0 Å². The summed E-state index contributed by atoms with van der Waals surface area (Å²) in [5.41, 5.74) is 1.68. The summed E-state index contributed by atoms with van der Waals surface area (Å²) in [5, 5.41) is 10.5. The van der Waals surface area contributed by atoms with Gasteiger partial charge in [-0.05, 0) is 42.2 Å². The summed E-state index contributed by atoms with van der Waals surface area (Å²) in [7, 11) is -3.46. The highest BCUT2D eigenvalue weighted by Gasteiger charge is 2.37. The Morgan fingerprint density at radius 1 is 1.53 bits per heavy atom. The number of aryl methyl sites for hydroxylation is 1. The summed E-state index contributed by atoms with van der Waals surface area (Å²) >= 11 is 1.60. The van der Waals surface area contributed by atoms with E-state index in [1.165, 1.54) is 6.20 Å². The molecule has 0 saturated carbocycles. The molecule has 1 atom stereocenters. The van der Waals surface area contributed by atoms with Crippen LogP contribution in [0.2, 0.25) is 0 Å². The molecule has 3 heterocycles. The van der Waals surface area contributed by atoms with Crippen molar-refractivity contribution in [3.63, 3.8) is 0 Å². The molecule has 2 aromatic heterocycles. The minimum Gasteiger partial charge on any atom is -0.281 e. The number of sulfonamides is 1. The zero-order chi connectivity index (χ0) is 13.5. The molecular formula is C12H15N3O2S2. The third-order valence-electron chi connectivity index (χ3n) is 3.50. The van der Waals surface area contributed by atoms with Gasteiger partial charge in [0.1, 0.15) is 4.90 Å². The van der Waals surface area contributed by atoms with E-state index in [-0.39, 0.29) is 10.9 Å². The molecule has 3 rings (SSSR count). The first-order valence-corrected chi connectivity index (χ1v) is 8.53. The average molecular weight is 297 g/mol. The zero-order valence-electron chi connectivity index (χ0n) is 10.5. The largest absolute Gasteiger partial charge is 0.281 e. The highest BCUT2D eigenvalue weighted by molar-refractivity contribution is 7.89. The molecule has 1 N–H and O–H groups in total. The van der Waals surface area contributed by atoms with Gasteiger partial charge in [0.2, 0.25) is 10.0 Å². The molecule has 1 unspecified atom stereocenters. The van der Waals surface area contributed by atoms with Crippen LogP contribution in [0.5, 0.6) is 0 Å². The van der Waals surface area contributed by atoms with Gasteiger partial charge in [0.15, 0.2) is 0 Å². The Morgan fingerprint density at radius 2 is 2.37 bits per heavy atom. The molecule has 2 aromatic rings. The van der Waals surface area contributed by atoms with Crippen molar-refractivity contribution in [2.75, 3.05) is 6.54 Å². The number of thiophene rings is 1. The normalized spacial score (nSPS) is 21.0. The minimum atomic E-state index is -3.46. The Balaban J connectivity index is 1.99. The van der Waals surface area contributed by atoms with E-state index in [9.17, 15) is 8.42 Å². The number of nitrogens with zero attached hydrogens (tertiary/aromatic N) is 2. The van der Waals surface area contributed by atoms with Crippen molar-refractivity contribution in [2.45, 2.75) is 30.7 Å². The maximum atomic E-state index is 12.7. The summed E-state index contributed by atoms with van der Waals surface area (Å²) in [4.78, 5) is 0.287. The van der Waals surface area contributed by atoms with E-state index in [0.29, 0.717) is 12.2 Å². The molecule has 0 radical (unpaired) electrons. The molecular weight excluding hydrogens is 282 g/mol. The van der Waals surface area contributed by atoms with Gasteiger partial charge in [-0.3, -0.25) is 5.10 Å². The molecule has 102 valence electrons. The zero-order valence-corrected chi connectivity index (χ0v) is 12.2. The second-order valence-corrected chi connectivity index (χ2v) is 7.33. The van der Waals surface area contributed by atoms with Crippen LogP contribution in [0.3, 0.4) is 0 Å². The highest BCUT2D eigenvalue weighted by Crippen LogP contribution is 2.37. The summed E-state index contributed by atoms with van der Waals surface area (Å²) in [5.74, 6) is 0. The Hall–Kier alpha value is -1.18. The Bertz CT molecular complexity index is 661. The van der Waals surface area contributed by atoms with Crippen molar-refractivity contribution in [2.24, 2.45) is 0 Å². The van der Waals surface area contributed by atoms with E-state index in [4.69, 9.17) is 0 Å². The van der Waals surface area contributed by atoms with Crippen LogP contribution >= 0.6 is 11.3 Å². The molecule has 7 heteroatoms. The van der Waals surface area contributed by atoms with Crippen LogP contribution in [0.15, 0.2) is 27.9 Å². The van der Waals surface area contributed by atoms with Crippen molar-refractivity contribution >= 4 is 21.4 Å². The van der Waals surface area contributed by atoms with E-state index < -0.39 is 10.0 Å². The van der Waals surface area contributed by atoms with Gasteiger partial charge < -0.3 is 0 Å². The van der Waals surface area contributed by atoms with E-state index in [1.807, 2.05) is 16.8 Å². The maximum absolute atomic E-state index is 12.7. The number of hydrogen-bond donors (Lipinski definition) is 1. The molecule has 1 fully saturated rings. The third kappa shape index (κ3) is 2.11. The number of rotatable bonds is 3. The predicted molar refractivity (Wildman–Crippen MR) is 73.5 cm³/mol. The molecule has 1 aliphatic heterocycles. The van der Waals surface area contributed by atoms with Crippen LogP contribution in [0.4, 0.5) is 0 Å². The van der Waals surface area contributed by atoms with Gasteiger partial charge in [0, 0.05) is 6.54 Å². The van der Waals surface area contributed by atoms with Crippen molar-refractivity contribution in [1.82, 2.24) is 14.5 Å². The molecule has 0 amide bonds. The number of H-pyrrole nitrogens is 1. The van der Waals surface area contributed by atoms with E-state index in [0.717, 1.165) is 18.4 Å². The standard InChI is InChI=1S/C12H15N3O2S2/c1-9-12(7-13-14-9)19(16,17)15-5-2-3-11(15)10-4-6-18-8-10/h4,6-8,11H,2-3,5H2,1H3,(H,13,14). The molecule has 0 spiro atoms. The number of aromatic nitrogens is 2. The third-order valence-corrected chi connectivity index (χ3v) is 6.23. The van der Waals surface area contributed by atoms with E-state index in [1.54, 1.807) is 22.6 Å². The van der Waals surface area contributed by atoms with Gasteiger partial charge in [0.05, 0.1) is 17.9 Å². The Morgan fingerprint density at radius 3 is 3.00 bits per heavy atom. The van der Waals surface area contributed by atoms with Crippen LogP contribution in [0, 0.1) is 6.92 Å². The number of aromatic amines is 1. The fourth-order valence-electron chi connectivity index (χ4n) is 2.55. The van der Waals surface area contributed by atoms with Gasteiger partial charge in [-0.25, -0.2) is 8.42 Å². The fourth-order valence-corrected chi connectivity index (χ4v) is 5.06. The molecule has 19 heavy (non-hydrogen) atoms. The lowest BCUT2D eigenvalue weighted by Gasteiger charge is -2.23. The topological polar surface area (TPSA) is 66.1 Å². The van der Waals surface area contributed by atoms with Crippen molar-refractivity contribution in [3.8, 4) is 0 Å². The van der Waals surface area contributed by atoms with E-state index >= 15 is 0 Å². The summed E-state index contributed by atoms with van der Waals surface area (Å²) in [6.45, 7) is 2.31. The lowest BCUT2D eigenvalue weighted by atomic mass is 10.1.